The smallest absolute Gasteiger partial charge is 0.260 e. The second-order valence-corrected chi connectivity index (χ2v) is 8.05. The molecule has 0 saturated carbocycles. The standard InChI is InChI=1S/C25H24N2O5/c1-31-23-10-20-21(11-24(23)32-14-16-6-15(13-28)7-19(29)8-16)26-12-18-9-17-4-2-3-5-22(17)27(18)25(20)30/h2-8,10-11,18,26,28-29H,9,12-14H2,1H3/t18-/m0/s1. The van der Waals surface area contributed by atoms with Crippen LogP contribution >= 0.6 is 0 Å². The maximum Gasteiger partial charge on any atom is 0.260 e. The average Bonchev–Trinajstić information content (AvgIpc) is 3.12. The molecule has 0 unspecified atom stereocenters. The number of para-hydroxylation sites is 1. The van der Waals surface area contributed by atoms with Crippen molar-refractivity contribution in [1.29, 1.82) is 0 Å². The summed E-state index contributed by atoms with van der Waals surface area (Å²) >= 11 is 0. The molecule has 1 amide bonds. The minimum Gasteiger partial charge on any atom is -0.508 e. The third-order valence-corrected chi connectivity index (χ3v) is 5.97. The Kier molecular flexibility index (Phi) is 5.11. The Hall–Kier alpha value is -3.71. The fourth-order valence-corrected chi connectivity index (χ4v) is 4.49. The van der Waals surface area contributed by atoms with Gasteiger partial charge >= 0.3 is 0 Å². The van der Waals surface area contributed by atoms with Crippen LogP contribution in [-0.4, -0.2) is 35.8 Å². The van der Waals surface area contributed by atoms with Crippen molar-refractivity contribution >= 4 is 17.3 Å². The van der Waals surface area contributed by atoms with Gasteiger partial charge in [0, 0.05) is 18.3 Å². The number of ether oxygens (including phenoxy) is 2. The molecule has 164 valence electrons. The highest BCUT2D eigenvalue weighted by molar-refractivity contribution is 6.12. The number of hydrogen-bond donors (Lipinski definition) is 3. The molecule has 2 aliphatic heterocycles. The fraction of sp³-hybridized carbons (Fsp3) is 0.240. The molecule has 3 aromatic rings. The average molecular weight is 432 g/mol. The molecule has 0 saturated heterocycles. The Morgan fingerprint density at radius 1 is 1.09 bits per heavy atom. The van der Waals surface area contributed by atoms with Crippen molar-refractivity contribution in [2.24, 2.45) is 0 Å². The first-order valence-corrected chi connectivity index (χ1v) is 10.5. The molecule has 1 atom stereocenters. The van der Waals surface area contributed by atoms with E-state index < -0.39 is 0 Å². The SMILES string of the molecule is COc1cc2c(cc1OCc1cc(O)cc(CO)c1)NC[C@@H]1Cc3ccccc3N1C2=O. The van der Waals surface area contributed by atoms with Crippen LogP contribution < -0.4 is 19.7 Å². The molecule has 0 radical (unpaired) electrons. The van der Waals surface area contributed by atoms with Gasteiger partial charge in [-0.25, -0.2) is 0 Å². The van der Waals surface area contributed by atoms with Crippen LogP contribution in [0, 0.1) is 0 Å². The lowest BCUT2D eigenvalue weighted by atomic mass is 10.1. The normalized spacial score (nSPS) is 16.5. The van der Waals surface area contributed by atoms with Gasteiger partial charge in [0.2, 0.25) is 0 Å². The third kappa shape index (κ3) is 3.50. The molecule has 0 bridgehead atoms. The largest absolute Gasteiger partial charge is 0.508 e. The third-order valence-electron chi connectivity index (χ3n) is 5.97. The molecule has 3 N–H and O–H groups in total. The Labute approximate surface area is 185 Å². The van der Waals surface area contributed by atoms with Gasteiger partial charge in [0.1, 0.15) is 12.4 Å². The number of carbonyl (C=O) groups is 1. The number of aromatic hydroxyl groups is 1. The van der Waals surface area contributed by atoms with Gasteiger partial charge in [-0.05, 0) is 53.4 Å². The first-order valence-electron chi connectivity index (χ1n) is 10.5. The van der Waals surface area contributed by atoms with Crippen molar-refractivity contribution in [3.8, 4) is 17.2 Å². The summed E-state index contributed by atoms with van der Waals surface area (Å²) in [5.41, 5.74) is 4.69. The number of nitrogens with zero attached hydrogens (tertiary/aromatic N) is 1. The summed E-state index contributed by atoms with van der Waals surface area (Å²) in [6.45, 7) is 0.634. The highest BCUT2D eigenvalue weighted by Gasteiger charge is 2.37. The Bertz CT molecular complexity index is 1190. The maximum atomic E-state index is 13.5. The zero-order valence-electron chi connectivity index (χ0n) is 17.7. The molecular formula is C25H24N2O5. The number of aliphatic hydroxyl groups is 1. The summed E-state index contributed by atoms with van der Waals surface area (Å²) in [4.78, 5) is 15.4. The molecule has 7 heteroatoms. The lowest BCUT2D eigenvalue weighted by Crippen LogP contribution is -2.39. The van der Waals surface area contributed by atoms with Crippen LogP contribution in [0.25, 0.3) is 0 Å². The van der Waals surface area contributed by atoms with Crippen LogP contribution in [0.3, 0.4) is 0 Å². The Balaban J connectivity index is 1.45. The lowest BCUT2D eigenvalue weighted by molar-refractivity contribution is 0.0983. The first-order chi connectivity index (χ1) is 15.6. The summed E-state index contributed by atoms with van der Waals surface area (Å²) in [5.74, 6) is 0.942. The number of hydrogen-bond acceptors (Lipinski definition) is 6. The molecule has 3 aromatic carbocycles. The van der Waals surface area contributed by atoms with E-state index in [4.69, 9.17) is 9.47 Å². The van der Waals surface area contributed by atoms with Crippen LogP contribution in [0.15, 0.2) is 54.6 Å². The number of fused-ring (bicyclic) bond motifs is 4. The second-order valence-electron chi connectivity index (χ2n) is 8.05. The maximum absolute atomic E-state index is 13.5. The molecule has 32 heavy (non-hydrogen) atoms. The zero-order chi connectivity index (χ0) is 22.2. The minimum atomic E-state index is -0.170. The van der Waals surface area contributed by atoms with E-state index in [-0.39, 0.29) is 30.9 Å². The summed E-state index contributed by atoms with van der Waals surface area (Å²) in [6.07, 6.45) is 0.814. The highest BCUT2D eigenvalue weighted by Crippen LogP contribution is 2.40. The summed E-state index contributed by atoms with van der Waals surface area (Å²) in [6, 6.07) is 16.4. The van der Waals surface area contributed by atoms with E-state index in [0.29, 0.717) is 40.4 Å². The van der Waals surface area contributed by atoms with Crippen molar-refractivity contribution in [2.75, 3.05) is 23.9 Å². The number of rotatable bonds is 5. The topological polar surface area (TPSA) is 91.3 Å². The zero-order valence-corrected chi connectivity index (χ0v) is 17.7. The van der Waals surface area contributed by atoms with E-state index in [9.17, 15) is 15.0 Å². The van der Waals surface area contributed by atoms with Crippen molar-refractivity contribution in [3.05, 3.63) is 76.9 Å². The monoisotopic (exact) mass is 432 g/mol. The van der Waals surface area contributed by atoms with Crippen LogP contribution in [-0.2, 0) is 19.6 Å². The number of phenols is 1. The second kappa shape index (κ2) is 8.09. The molecule has 7 nitrogen and oxygen atoms in total. The van der Waals surface area contributed by atoms with Crippen molar-refractivity contribution in [1.82, 2.24) is 0 Å². The van der Waals surface area contributed by atoms with E-state index in [0.717, 1.165) is 12.1 Å². The number of amides is 1. The van der Waals surface area contributed by atoms with Gasteiger partial charge in [-0.1, -0.05) is 18.2 Å². The van der Waals surface area contributed by atoms with Crippen LogP contribution in [0.2, 0.25) is 0 Å². The fourth-order valence-electron chi connectivity index (χ4n) is 4.49. The quantitative estimate of drug-likeness (QED) is 0.572. The summed E-state index contributed by atoms with van der Waals surface area (Å²) in [5, 5.41) is 22.6. The molecule has 0 aromatic heterocycles. The molecule has 0 spiro atoms. The van der Waals surface area contributed by atoms with Crippen molar-refractivity contribution in [3.63, 3.8) is 0 Å². The number of aliphatic hydroxyl groups excluding tert-OH is 1. The van der Waals surface area contributed by atoms with Crippen molar-refractivity contribution < 1.29 is 24.5 Å². The number of carbonyl (C=O) groups excluding carboxylic acids is 1. The predicted octanol–water partition coefficient (Wildman–Crippen LogP) is 3.47. The number of nitrogens with one attached hydrogen (secondary N) is 1. The van der Waals surface area contributed by atoms with Crippen LogP contribution in [0.1, 0.15) is 27.0 Å². The van der Waals surface area contributed by atoms with Gasteiger partial charge in [-0.2, -0.15) is 0 Å². The number of methoxy groups -OCH3 is 1. The van der Waals surface area contributed by atoms with E-state index >= 15 is 0 Å². The molecule has 0 fully saturated rings. The van der Waals surface area contributed by atoms with Gasteiger partial charge in [0.25, 0.3) is 5.91 Å². The first kappa shape index (κ1) is 20.2. The summed E-state index contributed by atoms with van der Waals surface area (Å²) < 4.78 is 11.5. The molecule has 5 rings (SSSR count). The van der Waals surface area contributed by atoms with E-state index in [2.05, 4.69) is 11.4 Å². The highest BCUT2D eigenvalue weighted by atomic mass is 16.5. The number of anilines is 2. The summed E-state index contributed by atoms with van der Waals surface area (Å²) in [7, 11) is 1.54. The van der Waals surface area contributed by atoms with Gasteiger partial charge in [0.15, 0.2) is 11.5 Å². The van der Waals surface area contributed by atoms with Gasteiger partial charge < -0.3 is 29.9 Å². The molecule has 2 aliphatic rings. The van der Waals surface area contributed by atoms with Gasteiger partial charge in [-0.15, -0.1) is 0 Å². The van der Waals surface area contributed by atoms with E-state index in [1.165, 1.54) is 18.7 Å². The Morgan fingerprint density at radius 3 is 2.72 bits per heavy atom. The van der Waals surface area contributed by atoms with Gasteiger partial charge in [-0.3, -0.25) is 4.79 Å². The number of benzene rings is 3. The minimum absolute atomic E-state index is 0.0480. The molecule has 0 aliphatic carbocycles. The lowest BCUT2D eigenvalue weighted by Gasteiger charge is -2.22. The van der Waals surface area contributed by atoms with Crippen LogP contribution in [0.4, 0.5) is 11.4 Å². The Morgan fingerprint density at radius 2 is 1.91 bits per heavy atom. The van der Waals surface area contributed by atoms with Crippen molar-refractivity contribution in [2.45, 2.75) is 25.7 Å². The number of phenolic OH excluding ortho intramolecular Hbond substituents is 1. The van der Waals surface area contributed by atoms with E-state index in [1.807, 2.05) is 23.1 Å². The van der Waals surface area contributed by atoms with E-state index in [1.54, 1.807) is 24.3 Å². The molecule has 2 heterocycles. The van der Waals surface area contributed by atoms with Crippen LogP contribution in [0.5, 0.6) is 17.2 Å². The van der Waals surface area contributed by atoms with Gasteiger partial charge in [0.05, 0.1) is 31.0 Å². The molecular weight excluding hydrogens is 408 g/mol. The predicted molar refractivity (Wildman–Crippen MR) is 121 cm³/mol.